The molecule has 2 aliphatic rings. The van der Waals surface area contributed by atoms with Crippen molar-refractivity contribution in [2.45, 2.75) is 37.2 Å². The third kappa shape index (κ3) is 1.15. The van der Waals surface area contributed by atoms with E-state index in [0.29, 0.717) is 6.54 Å². The molecule has 0 aromatic heterocycles. The Morgan fingerprint density at radius 2 is 1.83 bits per heavy atom. The lowest BCUT2D eigenvalue weighted by atomic mass is 9.97. The van der Waals surface area contributed by atoms with Gasteiger partial charge in [-0.25, -0.2) is 0 Å². The largest absolute Gasteiger partial charge is 0.391 e. The van der Waals surface area contributed by atoms with Crippen LogP contribution in [0, 0.1) is 0 Å². The number of fused-ring (bicyclic) bond motifs is 1. The van der Waals surface area contributed by atoms with Gasteiger partial charge in [0.15, 0.2) is 0 Å². The van der Waals surface area contributed by atoms with Crippen molar-refractivity contribution in [3.8, 4) is 0 Å². The smallest absolute Gasteiger partial charge is 0.0991 e. The quantitative estimate of drug-likeness (QED) is 0.419. The molecule has 4 heteroatoms. The molecule has 0 aromatic rings. The van der Waals surface area contributed by atoms with Crippen LogP contribution >= 0.6 is 0 Å². The van der Waals surface area contributed by atoms with Gasteiger partial charge in [0.05, 0.1) is 24.4 Å². The summed E-state index contributed by atoms with van der Waals surface area (Å²) in [5.41, 5.74) is 0. The summed E-state index contributed by atoms with van der Waals surface area (Å²) < 4.78 is 0. The van der Waals surface area contributed by atoms with E-state index in [4.69, 9.17) is 0 Å². The maximum Gasteiger partial charge on any atom is 0.0991 e. The van der Waals surface area contributed by atoms with Crippen molar-refractivity contribution in [1.82, 2.24) is 4.90 Å². The zero-order chi connectivity index (χ0) is 8.72. The first-order valence-corrected chi connectivity index (χ1v) is 4.48. The van der Waals surface area contributed by atoms with E-state index in [9.17, 15) is 15.3 Å². The molecule has 2 saturated heterocycles. The minimum Gasteiger partial charge on any atom is -0.391 e. The fourth-order valence-corrected chi connectivity index (χ4v) is 2.30. The minimum absolute atomic E-state index is 0.228. The fraction of sp³-hybridized carbons (Fsp3) is 1.00. The van der Waals surface area contributed by atoms with E-state index in [1.54, 1.807) is 0 Å². The molecule has 0 aromatic carbocycles. The number of nitrogens with zero attached hydrogens (tertiary/aromatic N) is 1. The second-order valence-electron chi connectivity index (χ2n) is 3.75. The molecule has 1 unspecified atom stereocenters. The molecule has 2 heterocycles. The molecule has 0 radical (unpaired) electrons. The van der Waals surface area contributed by atoms with Gasteiger partial charge in [0, 0.05) is 6.54 Å². The van der Waals surface area contributed by atoms with Crippen LogP contribution in [-0.4, -0.2) is 57.7 Å². The van der Waals surface area contributed by atoms with Crippen LogP contribution < -0.4 is 0 Å². The highest BCUT2D eigenvalue weighted by atomic mass is 16.3. The van der Waals surface area contributed by atoms with Crippen LogP contribution in [-0.2, 0) is 0 Å². The van der Waals surface area contributed by atoms with Crippen LogP contribution in [0.2, 0.25) is 0 Å². The summed E-state index contributed by atoms with van der Waals surface area (Å²) in [5, 5.41) is 28.4. The van der Waals surface area contributed by atoms with E-state index < -0.39 is 18.3 Å². The van der Waals surface area contributed by atoms with Crippen molar-refractivity contribution >= 4 is 0 Å². The number of hydrogen-bond acceptors (Lipinski definition) is 4. The molecule has 12 heavy (non-hydrogen) atoms. The maximum absolute atomic E-state index is 9.55. The van der Waals surface area contributed by atoms with Crippen molar-refractivity contribution in [2.75, 3.05) is 13.1 Å². The van der Waals surface area contributed by atoms with Gasteiger partial charge in [0.25, 0.3) is 0 Å². The Hall–Kier alpha value is -0.160. The van der Waals surface area contributed by atoms with Gasteiger partial charge < -0.3 is 15.3 Å². The highest BCUT2D eigenvalue weighted by Crippen LogP contribution is 2.27. The van der Waals surface area contributed by atoms with Crippen LogP contribution in [0.1, 0.15) is 12.8 Å². The van der Waals surface area contributed by atoms with Crippen LogP contribution in [0.5, 0.6) is 0 Å². The lowest BCUT2D eigenvalue weighted by Crippen LogP contribution is -2.48. The van der Waals surface area contributed by atoms with Gasteiger partial charge in [-0.15, -0.1) is 0 Å². The van der Waals surface area contributed by atoms with Crippen LogP contribution in [0.15, 0.2) is 0 Å². The van der Waals surface area contributed by atoms with Crippen LogP contribution in [0.25, 0.3) is 0 Å². The topological polar surface area (TPSA) is 63.9 Å². The highest BCUT2D eigenvalue weighted by molar-refractivity contribution is 4.99. The van der Waals surface area contributed by atoms with E-state index in [1.165, 1.54) is 0 Å². The van der Waals surface area contributed by atoms with E-state index in [-0.39, 0.29) is 6.04 Å². The first kappa shape index (κ1) is 8.44. The number of rotatable bonds is 0. The van der Waals surface area contributed by atoms with E-state index in [1.807, 2.05) is 4.90 Å². The molecule has 0 amide bonds. The molecule has 0 spiro atoms. The normalized spacial score (nSPS) is 49.2. The van der Waals surface area contributed by atoms with Crippen molar-refractivity contribution in [1.29, 1.82) is 0 Å². The third-order valence-electron chi connectivity index (χ3n) is 2.93. The fourth-order valence-electron chi connectivity index (χ4n) is 2.30. The number of aliphatic hydroxyl groups is 3. The second-order valence-corrected chi connectivity index (χ2v) is 3.75. The van der Waals surface area contributed by atoms with Gasteiger partial charge in [0.1, 0.15) is 0 Å². The van der Waals surface area contributed by atoms with Crippen LogP contribution in [0.4, 0.5) is 0 Å². The summed E-state index contributed by atoms with van der Waals surface area (Å²) >= 11 is 0. The molecule has 2 fully saturated rings. The zero-order valence-corrected chi connectivity index (χ0v) is 6.93. The first-order chi connectivity index (χ1) is 5.70. The van der Waals surface area contributed by atoms with Gasteiger partial charge in [-0.1, -0.05) is 0 Å². The van der Waals surface area contributed by atoms with Gasteiger partial charge >= 0.3 is 0 Å². The van der Waals surface area contributed by atoms with Crippen molar-refractivity contribution in [3.63, 3.8) is 0 Å². The Balaban J connectivity index is 2.12. The first-order valence-electron chi connectivity index (χ1n) is 4.48. The molecule has 4 nitrogen and oxygen atoms in total. The average Bonchev–Trinajstić information content (AvgIpc) is 2.29. The molecule has 3 N–H and O–H groups in total. The summed E-state index contributed by atoms with van der Waals surface area (Å²) in [6.07, 6.45) is -0.212. The minimum atomic E-state index is -0.764. The monoisotopic (exact) mass is 173 g/mol. The van der Waals surface area contributed by atoms with E-state index in [2.05, 4.69) is 0 Å². The SMILES string of the molecule is OC1[C@H](O)CN2CCC[C@@H](O)[C@H]12. The number of hydrogen-bond donors (Lipinski definition) is 3. The molecule has 0 bridgehead atoms. The van der Waals surface area contributed by atoms with Gasteiger partial charge in [-0.3, -0.25) is 4.90 Å². The standard InChI is InChI=1S/C8H15NO3/c10-5-2-1-3-9-4-6(11)8(12)7(5)9/h5-8,10-12H,1-4H2/t5-,6-,7-,8?/m1/s1. The Morgan fingerprint density at radius 1 is 1.08 bits per heavy atom. The molecule has 0 aliphatic carbocycles. The molecular formula is C8H15NO3. The second kappa shape index (κ2) is 2.96. The molecular weight excluding hydrogens is 158 g/mol. The summed E-state index contributed by atoms with van der Waals surface area (Å²) in [6.45, 7) is 1.39. The van der Waals surface area contributed by atoms with Gasteiger partial charge in [-0.2, -0.15) is 0 Å². The van der Waals surface area contributed by atoms with Crippen LogP contribution in [0.3, 0.4) is 0 Å². The summed E-state index contributed by atoms with van der Waals surface area (Å²) in [6, 6.07) is -0.228. The Kier molecular flexibility index (Phi) is 2.08. The molecule has 0 saturated carbocycles. The Labute approximate surface area is 71.4 Å². The van der Waals surface area contributed by atoms with Crippen molar-refractivity contribution in [2.24, 2.45) is 0 Å². The molecule has 70 valence electrons. The number of piperidine rings is 1. The van der Waals surface area contributed by atoms with Crippen molar-refractivity contribution in [3.05, 3.63) is 0 Å². The predicted molar refractivity (Wildman–Crippen MR) is 42.6 cm³/mol. The number of aliphatic hydroxyl groups excluding tert-OH is 3. The third-order valence-corrected chi connectivity index (χ3v) is 2.93. The summed E-state index contributed by atoms with van der Waals surface area (Å²) in [5.74, 6) is 0. The lowest BCUT2D eigenvalue weighted by Gasteiger charge is -2.34. The van der Waals surface area contributed by atoms with Crippen molar-refractivity contribution < 1.29 is 15.3 Å². The van der Waals surface area contributed by atoms with E-state index in [0.717, 1.165) is 19.4 Å². The molecule has 2 rings (SSSR count). The highest BCUT2D eigenvalue weighted by Gasteiger charge is 2.45. The Bertz CT molecular complexity index is 176. The summed E-state index contributed by atoms with van der Waals surface area (Å²) in [4.78, 5) is 1.98. The average molecular weight is 173 g/mol. The molecule has 2 aliphatic heterocycles. The van der Waals surface area contributed by atoms with E-state index >= 15 is 0 Å². The van der Waals surface area contributed by atoms with Gasteiger partial charge in [0.2, 0.25) is 0 Å². The lowest BCUT2D eigenvalue weighted by molar-refractivity contribution is -0.0282. The maximum atomic E-state index is 9.55. The Morgan fingerprint density at radius 3 is 2.50 bits per heavy atom. The predicted octanol–water partition coefficient (Wildman–Crippen LogP) is -1.45. The molecule has 4 atom stereocenters. The zero-order valence-electron chi connectivity index (χ0n) is 6.93. The summed E-state index contributed by atoms with van der Waals surface area (Å²) in [7, 11) is 0. The van der Waals surface area contributed by atoms with Gasteiger partial charge in [-0.05, 0) is 19.4 Å².